The maximum atomic E-state index is 6.11. The Balaban J connectivity index is 1.65. The molecule has 2 fully saturated rings. The number of anilines is 1. The van der Waals surface area contributed by atoms with Gasteiger partial charge in [0.05, 0.1) is 6.61 Å². The molecule has 2 atom stereocenters. The normalized spacial score (nSPS) is 26.6. The summed E-state index contributed by atoms with van der Waals surface area (Å²) in [6.45, 7) is 2.68. The number of rotatable bonds is 4. The molecule has 110 valence electrons. The molecule has 3 N–H and O–H groups in total. The summed E-state index contributed by atoms with van der Waals surface area (Å²) in [5.74, 6) is 4.00. The van der Waals surface area contributed by atoms with E-state index in [1.807, 2.05) is 19.1 Å². The molecule has 2 aromatic rings. The summed E-state index contributed by atoms with van der Waals surface area (Å²) in [5.41, 5.74) is 9.55. The van der Waals surface area contributed by atoms with Crippen molar-refractivity contribution in [3.8, 4) is 16.9 Å². The lowest BCUT2D eigenvalue weighted by Gasteiger charge is -2.13. The smallest absolute Gasteiger partial charge is 0.153 e. The SMILES string of the molecule is CCOc1ccc(-c2c(N)n[nH]c2C2CC3CC3C2)cc1. The fourth-order valence-corrected chi connectivity index (χ4v) is 3.80. The van der Waals surface area contributed by atoms with Crippen molar-refractivity contribution in [1.82, 2.24) is 10.2 Å². The largest absolute Gasteiger partial charge is 0.494 e. The zero-order chi connectivity index (χ0) is 14.4. The van der Waals surface area contributed by atoms with E-state index in [-0.39, 0.29) is 0 Å². The second kappa shape index (κ2) is 4.79. The van der Waals surface area contributed by atoms with Crippen LogP contribution >= 0.6 is 0 Å². The molecular weight excluding hydrogens is 262 g/mol. The third-order valence-electron chi connectivity index (χ3n) is 4.93. The molecular formula is C17H21N3O. The molecule has 0 bridgehead atoms. The minimum Gasteiger partial charge on any atom is -0.494 e. The van der Waals surface area contributed by atoms with Gasteiger partial charge in [-0.3, -0.25) is 5.10 Å². The molecule has 1 aromatic carbocycles. The summed E-state index contributed by atoms with van der Waals surface area (Å²) < 4.78 is 5.50. The number of H-pyrrole nitrogens is 1. The van der Waals surface area contributed by atoms with E-state index >= 15 is 0 Å². The second-order valence-corrected chi connectivity index (χ2v) is 6.28. The monoisotopic (exact) mass is 283 g/mol. The molecule has 1 heterocycles. The standard InChI is InChI=1S/C17H21N3O/c1-2-21-14-5-3-10(4-6-14)15-16(19-20-17(15)18)13-8-11-7-12(11)9-13/h3-6,11-13H,2,7-9H2,1H3,(H3,18,19,20). The average molecular weight is 283 g/mol. The zero-order valence-corrected chi connectivity index (χ0v) is 12.3. The number of ether oxygens (including phenoxy) is 1. The van der Waals surface area contributed by atoms with Crippen LogP contribution in [0.4, 0.5) is 5.82 Å². The van der Waals surface area contributed by atoms with Crippen molar-refractivity contribution in [2.75, 3.05) is 12.3 Å². The summed E-state index contributed by atoms with van der Waals surface area (Å²) in [6.07, 6.45) is 4.01. The topological polar surface area (TPSA) is 63.9 Å². The predicted molar refractivity (Wildman–Crippen MR) is 83.2 cm³/mol. The second-order valence-electron chi connectivity index (χ2n) is 6.28. The highest BCUT2D eigenvalue weighted by molar-refractivity contribution is 5.77. The summed E-state index contributed by atoms with van der Waals surface area (Å²) in [7, 11) is 0. The predicted octanol–water partition coefficient (Wildman–Crippen LogP) is 3.57. The Labute approximate surface area is 124 Å². The molecule has 2 aliphatic carbocycles. The Kier molecular flexibility index (Phi) is 2.91. The first-order chi connectivity index (χ1) is 10.3. The molecule has 0 saturated heterocycles. The number of nitrogens with zero attached hydrogens (tertiary/aromatic N) is 1. The van der Waals surface area contributed by atoms with Crippen LogP contribution < -0.4 is 10.5 Å². The van der Waals surface area contributed by atoms with Gasteiger partial charge in [0.2, 0.25) is 0 Å². The van der Waals surface area contributed by atoms with E-state index in [9.17, 15) is 0 Å². The van der Waals surface area contributed by atoms with Gasteiger partial charge < -0.3 is 10.5 Å². The van der Waals surface area contributed by atoms with Crippen molar-refractivity contribution in [2.24, 2.45) is 11.8 Å². The summed E-state index contributed by atoms with van der Waals surface area (Å²) >= 11 is 0. The van der Waals surface area contributed by atoms with Crippen LogP contribution in [0.25, 0.3) is 11.1 Å². The average Bonchev–Trinajstić information content (AvgIpc) is 2.93. The molecule has 0 radical (unpaired) electrons. The molecule has 2 aliphatic rings. The van der Waals surface area contributed by atoms with Gasteiger partial charge in [0, 0.05) is 17.2 Å². The lowest BCUT2D eigenvalue weighted by atomic mass is 9.93. The number of aromatic nitrogens is 2. The molecule has 0 aliphatic heterocycles. The van der Waals surface area contributed by atoms with Gasteiger partial charge in [-0.15, -0.1) is 0 Å². The molecule has 4 rings (SSSR count). The summed E-state index contributed by atoms with van der Waals surface area (Å²) in [5, 5.41) is 7.45. The molecule has 1 aromatic heterocycles. The van der Waals surface area contributed by atoms with Crippen molar-refractivity contribution in [3.63, 3.8) is 0 Å². The van der Waals surface area contributed by atoms with Crippen LogP contribution in [0.3, 0.4) is 0 Å². The Morgan fingerprint density at radius 1 is 1.19 bits per heavy atom. The van der Waals surface area contributed by atoms with Crippen molar-refractivity contribution in [1.29, 1.82) is 0 Å². The van der Waals surface area contributed by atoms with E-state index in [4.69, 9.17) is 10.5 Å². The van der Waals surface area contributed by atoms with Gasteiger partial charge in [0.15, 0.2) is 5.82 Å². The minimum absolute atomic E-state index is 0.597. The lowest BCUT2D eigenvalue weighted by molar-refractivity contribution is 0.340. The van der Waals surface area contributed by atoms with Gasteiger partial charge in [0.25, 0.3) is 0 Å². The van der Waals surface area contributed by atoms with Crippen molar-refractivity contribution >= 4 is 5.82 Å². The Morgan fingerprint density at radius 3 is 2.57 bits per heavy atom. The molecule has 2 unspecified atom stereocenters. The van der Waals surface area contributed by atoms with E-state index in [1.165, 1.54) is 25.0 Å². The van der Waals surface area contributed by atoms with Crippen LogP contribution in [-0.4, -0.2) is 16.8 Å². The van der Waals surface area contributed by atoms with Crippen LogP contribution in [0.1, 0.15) is 37.8 Å². The van der Waals surface area contributed by atoms with Crippen LogP contribution in [0.15, 0.2) is 24.3 Å². The van der Waals surface area contributed by atoms with Crippen molar-refractivity contribution < 1.29 is 4.74 Å². The third kappa shape index (κ3) is 2.19. The van der Waals surface area contributed by atoms with Gasteiger partial charge in [0.1, 0.15) is 5.75 Å². The Hall–Kier alpha value is -1.97. The first-order valence-corrected chi connectivity index (χ1v) is 7.83. The number of aromatic amines is 1. The minimum atomic E-state index is 0.597. The lowest BCUT2D eigenvalue weighted by Crippen LogP contribution is -1.99. The number of nitrogen functional groups attached to an aromatic ring is 1. The fraction of sp³-hybridized carbons (Fsp3) is 0.471. The fourth-order valence-electron chi connectivity index (χ4n) is 3.80. The van der Waals surface area contributed by atoms with E-state index in [0.29, 0.717) is 18.3 Å². The van der Waals surface area contributed by atoms with Crippen LogP contribution in [0.2, 0.25) is 0 Å². The highest BCUT2D eigenvalue weighted by Crippen LogP contribution is 2.58. The van der Waals surface area contributed by atoms with E-state index in [0.717, 1.165) is 28.7 Å². The number of nitrogens with two attached hydrogens (primary N) is 1. The van der Waals surface area contributed by atoms with Crippen LogP contribution in [-0.2, 0) is 0 Å². The molecule has 0 amide bonds. The highest BCUT2D eigenvalue weighted by Gasteiger charge is 2.47. The first kappa shape index (κ1) is 12.7. The van der Waals surface area contributed by atoms with Gasteiger partial charge in [-0.2, -0.15) is 5.10 Å². The Morgan fingerprint density at radius 2 is 1.90 bits per heavy atom. The third-order valence-corrected chi connectivity index (χ3v) is 4.93. The van der Waals surface area contributed by atoms with E-state index < -0.39 is 0 Å². The van der Waals surface area contributed by atoms with Crippen LogP contribution in [0, 0.1) is 11.8 Å². The van der Waals surface area contributed by atoms with Crippen molar-refractivity contribution in [2.45, 2.75) is 32.1 Å². The van der Waals surface area contributed by atoms with Gasteiger partial charge in [-0.25, -0.2) is 0 Å². The first-order valence-electron chi connectivity index (χ1n) is 7.83. The molecule has 2 saturated carbocycles. The summed E-state index contributed by atoms with van der Waals surface area (Å²) in [6, 6.07) is 8.15. The number of hydrogen-bond donors (Lipinski definition) is 2. The van der Waals surface area contributed by atoms with Gasteiger partial charge >= 0.3 is 0 Å². The number of benzene rings is 1. The Bertz CT molecular complexity index is 637. The van der Waals surface area contributed by atoms with E-state index in [1.54, 1.807) is 0 Å². The molecule has 4 heteroatoms. The molecule has 4 nitrogen and oxygen atoms in total. The quantitative estimate of drug-likeness (QED) is 0.901. The zero-order valence-electron chi connectivity index (χ0n) is 12.3. The maximum Gasteiger partial charge on any atom is 0.153 e. The van der Waals surface area contributed by atoms with Gasteiger partial charge in [-0.1, -0.05) is 12.1 Å². The van der Waals surface area contributed by atoms with E-state index in [2.05, 4.69) is 22.3 Å². The summed E-state index contributed by atoms with van der Waals surface area (Å²) in [4.78, 5) is 0. The highest BCUT2D eigenvalue weighted by atomic mass is 16.5. The molecule has 21 heavy (non-hydrogen) atoms. The van der Waals surface area contributed by atoms with Crippen LogP contribution in [0.5, 0.6) is 5.75 Å². The van der Waals surface area contributed by atoms with Crippen molar-refractivity contribution in [3.05, 3.63) is 30.0 Å². The maximum absolute atomic E-state index is 6.11. The number of fused-ring (bicyclic) bond motifs is 1. The number of hydrogen-bond acceptors (Lipinski definition) is 3. The van der Waals surface area contributed by atoms with Gasteiger partial charge in [-0.05, 0) is 55.7 Å². The number of nitrogens with one attached hydrogen (secondary N) is 1. The molecule has 0 spiro atoms.